The number of hydrogen-bond donors (Lipinski definition) is 0. The minimum absolute atomic E-state index is 0.231. The molecule has 5 nitrogen and oxygen atoms in total. The normalized spacial score (nSPS) is 17.4. The number of allylic oxidation sites excluding steroid dienone is 7. The minimum atomic E-state index is -0.273. The zero-order valence-corrected chi connectivity index (χ0v) is 30.4. The lowest BCUT2D eigenvalue weighted by molar-refractivity contribution is -0.441. The van der Waals surface area contributed by atoms with Gasteiger partial charge in [-0.3, -0.25) is 4.79 Å². The van der Waals surface area contributed by atoms with Gasteiger partial charge in [0.1, 0.15) is 13.2 Å². The van der Waals surface area contributed by atoms with Gasteiger partial charge in [-0.1, -0.05) is 91.0 Å². The number of rotatable bonds is 10. The van der Waals surface area contributed by atoms with E-state index in [4.69, 9.17) is 9.47 Å². The molecule has 246 valence electrons. The third-order valence-electron chi connectivity index (χ3n) is 9.59. The highest BCUT2D eigenvalue weighted by Gasteiger charge is 2.45. The van der Waals surface area contributed by atoms with E-state index in [1.54, 1.807) is 0 Å². The molecule has 0 saturated carbocycles. The molecule has 6 rings (SSSR count). The van der Waals surface area contributed by atoms with Crippen LogP contribution in [0.5, 0.6) is 0 Å². The van der Waals surface area contributed by atoms with Crippen LogP contribution in [0, 0.1) is 0 Å². The number of ether oxygens (including phenoxy) is 2. The number of benzene rings is 4. The third-order valence-corrected chi connectivity index (χ3v) is 10.1. The zero-order valence-electron chi connectivity index (χ0n) is 28.8. The first-order chi connectivity index (χ1) is 22.9. The van der Waals surface area contributed by atoms with Gasteiger partial charge in [0.15, 0.2) is 12.3 Å². The van der Waals surface area contributed by atoms with Gasteiger partial charge in [-0.2, -0.15) is 4.58 Å². The van der Waals surface area contributed by atoms with Crippen LogP contribution in [0.15, 0.2) is 120 Å². The number of carbonyl (C=O) groups excluding carboxylic acids is 1. The summed E-state index contributed by atoms with van der Waals surface area (Å²) in [5.41, 5.74) is 6.84. The van der Waals surface area contributed by atoms with Crippen molar-refractivity contribution in [1.29, 1.82) is 0 Å². The van der Waals surface area contributed by atoms with Gasteiger partial charge in [-0.15, -0.1) is 0 Å². The lowest BCUT2D eigenvalue weighted by atomic mass is 9.79. The fourth-order valence-corrected chi connectivity index (χ4v) is 7.78. The van der Waals surface area contributed by atoms with E-state index in [2.05, 4.69) is 157 Å². The molecule has 4 aromatic rings. The molecule has 0 unspecified atom stereocenters. The summed E-state index contributed by atoms with van der Waals surface area (Å²) >= 11 is 3.87. The molecule has 48 heavy (non-hydrogen) atoms. The van der Waals surface area contributed by atoms with E-state index in [9.17, 15) is 4.79 Å². The average Bonchev–Trinajstić information content (AvgIpc) is 3.40. The molecule has 0 fully saturated rings. The SMILES string of the molecule is C=C(C)OCC[N+]1=C(C=CC(Br)=CC=C2N(CCOC(C)=O)c3ccc4ccccc4c3C2(C)C)C(C)(C)c2c1ccc1ccccc21. The quantitative estimate of drug-likeness (QED) is 0.0714. The van der Waals surface area contributed by atoms with Crippen LogP contribution >= 0.6 is 15.9 Å². The predicted octanol–water partition coefficient (Wildman–Crippen LogP) is 10.00. The number of nitrogens with zero attached hydrogens (tertiary/aromatic N) is 2. The van der Waals surface area contributed by atoms with E-state index in [-0.39, 0.29) is 16.8 Å². The predicted molar refractivity (Wildman–Crippen MR) is 203 cm³/mol. The lowest BCUT2D eigenvalue weighted by Gasteiger charge is -2.27. The number of fused-ring (bicyclic) bond motifs is 6. The molecule has 0 radical (unpaired) electrons. The van der Waals surface area contributed by atoms with Crippen molar-refractivity contribution >= 4 is 60.5 Å². The van der Waals surface area contributed by atoms with Gasteiger partial charge in [0.2, 0.25) is 5.69 Å². The van der Waals surface area contributed by atoms with Crippen LogP contribution < -0.4 is 4.90 Å². The summed E-state index contributed by atoms with van der Waals surface area (Å²) in [4.78, 5) is 13.9. The van der Waals surface area contributed by atoms with Gasteiger partial charge >= 0.3 is 5.97 Å². The number of carbonyl (C=O) groups is 1. The van der Waals surface area contributed by atoms with E-state index in [0.29, 0.717) is 26.3 Å². The van der Waals surface area contributed by atoms with Crippen LogP contribution in [0.25, 0.3) is 21.5 Å². The molecule has 0 N–H and O–H groups in total. The van der Waals surface area contributed by atoms with Gasteiger partial charge in [-0.05, 0) is 78.2 Å². The Kier molecular flexibility index (Phi) is 9.23. The van der Waals surface area contributed by atoms with Crippen molar-refractivity contribution in [2.45, 2.75) is 52.4 Å². The fourth-order valence-electron chi connectivity index (χ4n) is 7.52. The van der Waals surface area contributed by atoms with Gasteiger partial charge in [0.05, 0.1) is 17.7 Å². The summed E-state index contributed by atoms with van der Waals surface area (Å²) in [6, 6.07) is 26.0. The first-order valence-corrected chi connectivity index (χ1v) is 17.3. The van der Waals surface area contributed by atoms with Gasteiger partial charge < -0.3 is 14.4 Å². The minimum Gasteiger partial charge on any atom is -0.492 e. The Morgan fingerprint density at radius 1 is 0.854 bits per heavy atom. The standard InChI is InChI=1S/C42H44BrN2O3/c1-28(2)47-26-24-44-35-20-16-30-12-8-10-14-33(30)39(35)41(4,5)37(44)22-18-32(43)19-23-38-42(6,7)40-34-15-11-9-13-31(34)17-21-36(40)45(38)25-27-48-29(3)46/h8-23H,1,24-27H2,2-7H3/q+1. The Bertz CT molecular complexity index is 2060. The molecule has 0 atom stereocenters. The van der Waals surface area contributed by atoms with E-state index in [1.165, 1.54) is 51.0 Å². The van der Waals surface area contributed by atoms with Crippen LogP contribution in [-0.2, 0) is 25.1 Å². The number of halogens is 1. The number of esters is 1. The smallest absolute Gasteiger partial charge is 0.302 e. The molecule has 2 heterocycles. The van der Waals surface area contributed by atoms with E-state index >= 15 is 0 Å². The molecule has 0 spiro atoms. The summed E-state index contributed by atoms with van der Waals surface area (Å²) in [6.07, 6.45) is 8.69. The Morgan fingerprint density at radius 3 is 2.17 bits per heavy atom. The Balaban J connectivity index is 1.38. The van der Waals surface area contributed by atoms with Gasteiger partial charge in [0.25, 0.3) is 0 Å². The molecule has 0 aliphatic carbocycles. The molecule has 0 saturated heterocycles. The highest BCUT2D eigenvalue weighted by molar-refractivity contribution is 9.11. The van der Waals surface area contributed by atoms with Crippen molar-refractivity contribution in [3.8, 4) is 0 Å². The molecular weight excluding hydrogens is 660 g/mol. The fraction of sp³-hybridized carbons (Fsp3) is 0.286. The molecule has 0 aromatic heterocycles. The second kappa shape index (κ2) is 13.2. The van der Waals surface area contributed by atoms with Crippen LogP contribution in [0.4, 0.5) is 11.4 Å². The van der Waals surface area contributed by atoms with Crippen LogP contribution in [0.2, 0.25) is 0 Å². The molecular formula is C42H44BrN2O3+. The summed E-state index contributed by atoms with van der Waals surface area (Å²) < 4.78 is 14.6. The van der Waals surface area contributed by atoms with Crippen molar-refractivity contribution in [3.05, 3.63) is 131 Å². The van der Waals surface area contributed by atoms with Gasteiger partial charge in [0, 0.05) is 45.9 Å². The van der Waals surface area contributed by atoms with E-state index in [1.807, 2.05) is 6.92 Å². The average molecular weight is 705 g/mol. The first-order valence-electron chi connectivity index (χ1n) is 16.6. The summed E-state index contributed by atoms with van der Waals surface area (Å²) in [5.74, 6) is 0.447. The molecule has 0 bridgehead atoms. The highest BCUT2D eigenvalue weighted by atomic mass is 79.9. The second-order valence-corrected chi connectivity index (χ2v) is 14.5. The van der Waals surface area contributed by atoms with Crippen LogP contribution in [0.1, 0.15) is 52.7 Å². The summed E-state index contributed by atoms with van der Waals surface area (Å²) in [7, 11) is 0. The maximum atomic E-state index is 11.6. The maximum absolute atomic E-state index is 11.6. The Morgan fingerprint density at radius 2 is 1.50 bits per heavy atom. The Labute approximate surface area is 292 Å². The molecule has 0 amide bonds. The molecule has 2 aliphatic heterocycles. The number of anilines is 1. The Hall–Kier alpha value is -4.42. The lowest BCUT2D eigenvalue weighted by Crippen LogP contribution is -2.29. The van der Waals surface area contributed by atoms with Crippen LogP contribution in [-0.4, -0.2) is 42.6 Å². The zero-order chi connectivity index (χ0) is 34.2. The van der Waals surface area contributed by atoms with Crippen molar-refractivity contribution in [1.82, 2.24) is 0 Å². The molecule has 4 aromatic carbocycles. The monoisotopic (exact) mass is 703 g/mol. The van der Waals surface area contributed by atoms with E-state index in [0.717, 1.165) is 21.6 Å². The van der Waals surface area contributed by atoms with Crippen molar-refractivity contribution < 1.29 is 18.8 Å². The molecule has 6 heteroatoms. The summed E-state index contributed by atoms with van der Waals surface area (Å²) in [6.45, 7) is 18.6. The third kappa shape index (κ3) is 6.14. The van der Waals surface area contributed by atoms with Crippen molar-refractivity contribution in [2.24, 2.45) is 0 Å². The van der Waals surface area contributed by atoms with Crippen LogP contribution in [0.3, 0.4) is 0 Å². The van der Waals surface area contributed by atoms with Crippen molar-refractivity contribution in [3.63, 3.8) is 0 Å². The second-order valence-electron chi connectivity index (χ2n) is 13.6. The van der Waals surface area contributed by atoms with Gasteiger partial charge in [-0.25, -0.2) is 0 Å². The first kappa shape index (κ1) is 33.5. The molecule has 2 aliphatic rings. The highest BCUT2D eigenvalue weighted by Crippen LogP contribution is 2.51. The number of hydrogen-bond acceptors (Lipinski definition) is 4. The van der Waals surface area contributed by atoms with Crippen molar-refractivity contribution in [2.75, 3.05) is 31.2 Å². The maximum Gasteiger partial charge on any atom is 0.302 e. The largest absolute Gasteiger partial charge is 0.492 e. The topological polar surface area (TPSA) is 41.8 Å². The summed E-state index contributed by atoms with van der Waals surface area (Å²) in [5, 5.41) is 4.98. The van der Waals surface area contributed by atoms with E-state index < -0.39 is 0 Å².